The van der Waals surface area contributed by atoms with Crippen LogP contribution in [0.25, 0.3) is 0 Å². The van der Waals surface area contributed by atoms with E-state index in [1.807, 2.05) is 25.1 Å². The SMILES string of the molecule is CCCCN1C(=O)CC[C@H](C(=O)O[C@@H](C)C(N)=O)[C@H]1c1ccccc1OC. The maximum Gasteiger partial charge on any atom is 0.312 e. The van der Waals surface area contributed by atoms with Crippen LogP contribution in [-0.4, -0.2) is 42.4 Å². The largest absolute Gasteiger partial charge is 0.496 e. The normalized spacial score (nSPS) is 20.9. The van der Waals surface area contributed by atoms with Crippen molar-refractivity contribution in [3.63, 3.8) is 0 Å². The van der Waals surface area contributed by atoms with Crippen molar-refractivity contribution >= 4 is 17.8 Å². The highest BCUT2D eigenvalue weighted by atomic mass is 16.5. The Balaban J connectivity index is 2.42. The summed E-state index contributed by atoms with van der Waals surface area (Å²) < 4.78 is 10.7. The van der Waals surface area contributed by atoms with Gasteiger partial charge in [0.25, 0.3) is 5.91 Å². The number of nitrogens with zero attached hydrogens (tertiary/aromatic N) is 1. The first-order valence-electron chi connectivity index (χ1n) is 9.32. The molecule has 7 nitrogen and oxygen atoms in total. The zero-order valence-corrected chi connectivity index (χ0v) is 16.1. The number of esters is 1. The molecule has 1 aromatic rings. The van der Waals surface area contributed by atoms with Gasteiger partial charge in [0.2, 0.25) is 5.91 Å². The number of piperidine rings is 1. The summed E-state index contributed by atoms with van der Waals surface area (Å²) in [7, 11) is 1.56. The number of hydrogen-bond acceptors (Lipinski definition) is 5. The van der Waals surface area contributed by atoms with Crippen molar-refractivity contribution in [2.24, 2.45) is 11.7 Å². The Kier molecular flexibility index (Phi) is 7.21. The highest BCUT2D eigenvalue weighted by Crippen LogP contribution is 2.41. The number of carbonyl (C=O) groups is 3. The number of hydrogen-bond donors (Lipinski definition) is 1. The van der Waals surface area contributed by atoms with Gasteiger partial charge in [0, 0.05) is 18.5 Å². The van der Waals surface area contributed by atoms with E-state index in [9.17, 15) is 14.4 Å². The molecule has 1 heterocycles. The number of likely N-dealkylation sites (tertiary alicyclic amines) is 1. The standard InChI is InChI=1S/C20H28N2O5/c1-4-5-12-22-17(23)11-10-15(20(25)27-13(2)19(21)24)18(22)14-8-6-7-9-16(14)26-3/h6-9,13,15,18H,4-5,10-12H2,1-3H3,(H2,21,24)/t13-,15-,18+/m0/s1. The minimum absolute atomic E-state index is 0.00589. The Morgan fingerprint density at radius 3 is 2.67 bits per heavy atom. The third kappa shape index (κ3) is 4.78. The average molecular weight is 376 g/mol. The number of amides is 2. The van der Waals surface area contributed by atoms with Crippen molar-refractivity contribution in [3.05, 3.63) is 29.8 Å². The van der Waals surface area contributed by atoms with Gasteiger partial charge in [-0.15, -0.1) is 0 Å². The summed E-state index contributed by atoms with van der Waals surface area (Å²) in [5, 5.41) is 0. The summed E-state index contributed by atoms with van der Waals surface area (Å²) >= 11 is 0. The molecule has 0 radical (unpaired) electrons. The van der Waals surface area contributed by atoms with Crippen LogP contribution >= 0.6 is 0 Å². The minimum Gasteiger partial charge on any atom is -0.496 e. The summed E-state index contributed by atoms with van der Waals surface area (Å²) in [5.41, 5.74) is 5.98. The van der Waals surface area contributed by atoms with Gasteiger partial charge in [0.15, 0.2) is 6.10 Å². The number of nitrogens with two attached hydrogens (primary N) is 1. The van der Waals surface area contributed by atoms with Gasteiger partial charge in [-0.3, -0.25) is 14.4 Å². The van der Waals surface area contributed by atoms with E-state index in [-0.39, 0.29) is 12.3 Å². The maximum absolute atomic E-state index is 12.8. The van der Waals surface area contributed by atoms with Crippen molar-refractivity contribution in [1.29, 1.82) is 0 Å². The smallest absolute Gasteiger partial charge is 0.312 e. The van der Waals surface area contributed by atoms with Crippen molar-refractivity contribution in [3.8, 4) is 5.75 Å². The molecule has 27 heavy (non-hydrogen) atoms. The number of ether oxygens (including phenoxy) is 2. The number of carbonyl (C=O) groups excluding carboxylic acids is 3. The monoisotopic (exact) mass is 376 g/mol. The molecule has 2 N–H and O–H groups in total. The second-order valence-corrected chi connectivity index (χ2v) is 6.75. The van der Waals surface area contributed by atoms with Gasteiger partial charge in [-0.1, -0.05) is 31.5 Å². The number of primary amides is 1. The fourth-order valence-corrected chi connectivity index (χ4v) is 3.41. The van der Waals surface area contributed by atoms with Gasteiger partial charge in [0.1, 0.15) is 5.75 Å². The summed E-state index contributed by atoms with van der Waals surface area (Å²) in [6.45, 7) is 4.04. The lowest BCUT2D eigenvalue weighted by Crippen LogP contribution is -2.47. The second-order valence-electron chi connectivity index (χ2n) is 6.75. The topological polar surface area (TPSA) is 98.9 Å². The Labute approximate surface area is 159 Å². The number of benzene rings is 1. The summed E-state index contributed by atoms with van der Waals surface area (Å²) in [6.07, 6.45) is 1.36. The van der Waals surface area contributed by atoms with Crippen LogP contribution in [-0.2, 0) is 19.1 Å². The molecule has 0 aliphatic carbocycles. The first-order valence-corrected chi connectivity index (χ1v) is 9.32. The van der Waals surface area contributed by atoms with E-state index in [0.29, 0.717) is 18.7 Å². The first-order chi connectivity index (χ1) is 12.9. The zero-order chi connectivity index (χ0) is 20.0. The summed E-state index contributed by atoms with van der Waals surface area (Å²) in [4.78, 5) is 38.5. The molecule has 7 heteroatoms. The molecule has 2 amide bonds. The van der Waals surface area contributed by atoms with Gasteiger partial charge in [-0.05, 0) is 25.8 Å². The molecular formula is C20H28N2O5. The quantitative estimate of drug-likeness (QED) is 0.701. The predicted molar refractivity (Wildman–Crippen MR) is 99.8 cm³/mol. The number of unbranched alkanes of at least 4 members (excludes halogenated alkanes) is 1. The Morgan fingerprint density at radius 2 is 2.04 bits per heavy atom. The van der Waals surface area contributed by atoms with Crippen LogP contribution in [0.5, 0.6) is 5.75 Å². The minimum atomic E-state index is -1.02. The predicted octanol–water partition coefficient (Wildman–Crippen LogP) is 2.19. The molecule has 0 aromatic heterocycles. The van der Waals surface area contributed by atoms with Gasteiger partial charge >= 0.3 is 5.97 Å². The first kappa shape index (κ1) is 20.7. The van der Waals surface area contributed by atoms with E-state index < -0.39 is 29.9 Å². The molecule has 3 atom stereocenters. The summed E-state index contributed by atoms with van der Waals surface area (Å²) in [6, 6.07) is 6.86. The molecule has 0 unspecified atom stereocenters. The van der Waals surface area contributed by atoms with Crippen LogP contribution in [0.15, 0.2) is 24.3 Å². The fraction of sp³-hybridized carbons (Fsp3) is 0.550. The van der Waals surface area contributed by atoms with E-state index >= 15 is 0 Å². The number of para-hydroxylation sites is 1. The molecule has 1 aromatic carbocycles. The van der Waals surface area contributed by atoms with E-state index in [0.717, 1.165) is 18.4 Å². The molecule has 1 aliphatic rings. The van der Waals surface area contributed by atoms with Crippen molar-refractivity contribution in [1.82, 2.24) is 4.90 Å². The van der Waals surface area contributed by atoms with E-state index in [1.165, 1.54) is 6.92 Å². The summed E-state index contributed by atoms with van der Waals surface area (Å²) in [5.74, 6) is -1.19. The Morgan fingerprint density at radius 1 is 1.33 bits per heavy atom. The van der Waals surface area contributed by atoms with E-state index in [1.54, 1.807) is 18.1 Å². The van der Waals surface area contributed by atoms with E-state index in [4.69, 9.17) is 15.2 Å². The third-order valence-corrected chi connectivity index (χ3v) is 4.91. The van der Waals surface area contributed by atoms with E-state index in [2.05, 4.69) is 0 Å². The number of rotatable bonds is 8. The van der Waals surface area contributed by atoms with Crippen LogP contribution in [0, 0.1) is 5.92 Å². The van der Waals surface area contributed by atoms with Crippen LogP contribution < -0.4 is 10.5 Å². The molecule has 0 spiro atoms. The molecule has 148 valence electrons. The molecule has 1 fully saturated rings. The molecule has 2 rings (SSSR count). The fourth-order valence-electron chi connectivity index (χ4n) is 3.41. The third-order valence-electron chi connectivity index (χ3n) is 4.91. The lowest BCUT2D eigenvalue weighted by molar-refractivity contribution is -0.164. The number of methoxy groups -OCH3 is 1. The Hall–Kier alpha value is -2.57. The molecule has 0 bridgehead atoms. The van der Waals surface area contributed by atoms with Gasteiger partial charge in [-0.2, -0.15) is 0 Å². The van der Waals surface area contributed by atoms with Gasteiger partial charge in [-0.25, -0.2) is 0 Å². The van der Waals surface area contributed by atoms with Crippen LogP contribution in [0.2, 0.25) is 0 Å². The zero-order valence-electron chi connectivity index (χ0n) is 16.1. The highest BCUT2D eigenvalue weighted by Gasteiger charge is 2.43. The molecule has 1 aliphatic heterocycles. The van der Waals surface area contributed by atoms with Crippen LogP contribution in [0.3, 0.4) is 0 Å². The average Bonchev–Trinajstić information content (AvgIpc) is 2.66. The van der Waals surface area contributed by atoms with Gasteiger partial charge in [0.05, 0.1) is 19.1 Å². The highest BCUT2D eigenvalue weighted by molar-refractivity contribution is 5.85. The van der Waals surface area contributed by atoms with Crippen molar-refractivity contribution in [2.75, 3.05) is 13.7 Å². The Bertz CT molecular complexity index is 691. The van der Waals surface area contributed by atoms with Gasteiger partial charge < -0.3 is 20.1 Å². The molecule has 1 saturated heterocycles. The van der Waals surface area contributed by atoms with Crippen LogP contribution in [0.4, 0.5) is 0 Å². The van der Waals surface area contributed by atoms with Crippen molar-refractivity contribution < 1.29 is 23.9 Å². The second kappa shape index (κ2) is 9.39. The molecule has 0 saturated carbocycles. The lowest BCUT2D eigenvalue weighted by atomic mass is 9.83. The maximum atomic E-state index is 12.8. The van der Waals surface area contributed by atoms with Crippen molar-refractivity contribution in [2.45, 2.75) is 51.7 Å². The van der Waals surface area contributed by atoms with Crippen LogP contribution in [0.1, 0.15) is 51.1 Å². The lowest BCUT2D eigenvalue weighted by Gasteiger charge is -2.41. The molecular weight excluding hydrogens is 348 g/mol.